The van der Waals surface area contributed by atoms with Gasteiger partial charge < -0.3 is 4.98 Å². The van der Waals surface area contributed by atoms with Gasteiger partial charge in [0.05, 0.1) is 0 Å². The van der Waals surface area contributed by atoms with Gasteiger partial charge >= 0.3 is 0 Å². The van der Waals surface area contributed by atoms with Crippen molar-refractivity contribution in [2.75, 3.05) is 13.1 Å². The second-order valence-electron chi connectivity index (χ2n) is 6.32. The van der Waals surface area contributed by atoms with E-state index in [4.69, 9.17) is 0 Å². The highest BCUT2D eigenvalue weighted by atomic mass is 32.2. The zero-order valence-corrected chi connectivity index (χ0v) is 15.2. The first kappa shape index (κ1) is 15.9. The zero-order chi connectivity index (χ0) is 16.7. The van der Waals surface area contributed by atoms with Crippen molar-refractivity contribution < 1.29 is 8.42 Å². The quantitative estimate of drug-likeness (QED) is 0.764. The number of H-pyrrole nitrogens is 1. The molecule has 24 heavy (non-hydrogen) atoms. The van der Waals surface area contributed by atoms with Crippen molar-refractivity contribution in [1.29, 1.82) is 0 Å². The van der Waals surface area contributed by atoms with E-state index in [0.29, 0.717) is 23.2 Å². The van der Waals surface area contributed by atoms with Crippen molar-refractivity contribution in [2.24, 2.45) is 0 Å². The van der Waals surface area contributed by atoms with E-state index in [0.717, 1.165) is 12.8 Å². The molecule has 1 saturated heterocycles. The summed E-state index contributed by atoms with van der Waals surface area (Å²) >= 11 is 1.29. The molecule has 6 heteroatoms. The van der Waals surface area contributed by atoms with Gasteiger partial charge in [0.25, 0.3) is 10.0 Å². The van der Waals surface area contributed by atoms with Crippen LogP contribution in [-0.2, 0) is 10.0 Å². The average molecular weight is 361 g/mol. The van der Waals surface area contributed by atoms with Crippen LogP contribution >= 0.6 is 11.3 Å². The van der Waals surface area contributed by atoms with Crippen LogP contribution in [0.2, 0.25) is 0 Å². The number of hydrogen-bond acceptors (Lipinski definition) is 3. The fourth-order valence-electron chi connectivity index (χ4n) is 3.75. The van der Waals surface area contributed by atoms with Crippen LogP contribution < -0.4 is 0 Å². The Bertz CT molecular complexity index is 950. The summed E-state index contributed by atoms with van der Waals surface area (Å²) in [6, 6.07) is 11.8. The normalized spacial score (nSPS) is 17.5. The Kier molecular flexibility index (Phi) is 3.98. The smallest absolute Gasteiger partial charge is 0.252 e. The number of nitrogens with zero attached hydrogens (tertiary/aromatic N) is 1. The number of hydrogen-bond donors (Lipinski definition) is 1. The summed E-state index contributed by atoms with van der Waals surface area (Å²) in [6.45, 7) is 3.29. The largest absolute Gasteiger partial charge is 0.358 e. The van der Waals surface area contributed by atoms with E-state index >= 15 is 0 Å². The van der Waals surface area contributed by atoms with Crippen molar-refractivity contribution in [1.82, 2.24) is 9.29 Å². The van der Waals surface area contributed by atoms with Gasteiger partial charge in [0.15, 0.2) is 0 Å². The lowest BCUT2D eigenvalue weighted by atomic mass is 9.88. The molecule has 0 saturated carbocycles. The molecule has 0 aliphatic carbocycles. The molecule has 1 aromatic carbocycles. The Morgan fingerprint density at radius 1 is 1.12 bits per heavy atom. The van der Waals surface area contributed by atoms with Gasteiger partial charge in [0, 0.05) is 29.7 Å². The van der Waals surface area contributed by atoms with Crippen molar-refractivity contribution in [3.63, 3.8) is 0 Å². The molecule has 0 amide bonds. The summed E-state index contributed by atoms with van der Waals surface area (Å²) in [5.74, 6) is 0.413. The first-order chi connectivity index (χ1) is 11.6. The Hall–Kier alpha value is -1.63. The maximum Gasteiger partial charge on any atom is 0.252 e. The molecule has 1 aliphatic rings. The number of piperidine rings is 1. The zero-order valence-electron chi connectivity index (χ0n) is 13.5. The van der Waals surface area contributed by atoms with Crippen LogP contribution in [0, 0.1) is 6.92 Å². The molecule has 1 aliphatic heterocycles. The van der Waals surface area contributed by atoms with Crippen LogP contribution in [0.15, 0.2) is 46.0 Å². The third kappa shape index (κ3) is 2.59. The SMILES string of the molecule is Cc1[nH]c2ccccc2c1C1CCN(S(=O)(=O)c2cccs2)CC1. The van der Waals surface area contributed by atoms with Crippen molar-refractivity contribution in [3.8, 4) is 0 Å². The molecule has 2 aromatic heterocycles. The molecule has 0 radical (unpaired) electrons. The van der Waals surface area contributed by atoms with E-state index in [-0.39, 0.29) is 0 Å². The minimum Gasteiger partial charge on any atom is -0.358 e. The standard InChI is InChI=1S/C18H20N2O2S2/c1-13-18(15-5-2-3-6-16(15)19-13)14-8-10-20(11-9-14)24(21,22)17-7-4-12-23-17/h2-7,12,14,19H,8-11H2,1H3. The van der Waals surface area contributed by atoms with Gasteiger partial charge in [-0.15, -0.1) is 11.3 Å². The molecule has 0 spiro atoms. The maximum atomic E-state index is 12.7. The minimum absolute atomic E-state index is 0.413. The van der Waals surface area contributed by atoms with Crippen molar-refractivity contribution >= 4 is 32.3 Å². The molecule has 0 bridgehead atoms. The van der Waals surface area contributed by atoms with E-state index in [1.807, 2.05) is 11.4 Å². The molecule has 126 valence electrons. The summed E-state index contributed by atoms with van der Waals surface area (Å²) in [5, 5.41) is 3.09. The number of thiophene rings is 1. The van der Waals surface area contributed by atoms with Crippen LogP contribution in [0.5, 0.6) is 0 Å². The topological polar surface area (TPSA) is 53.2 Å². The highest BCUT2D eigenvalue weighted by Crippen LogP contribution is 2.37. The number of aromatic nitrogens is 1. The molecule has 3 aromatic rings. The van der Waals surface area contributed by atoms with Gasteiger partial charge in [-0.2, -0.15) is 4.31 Å². The fourth-order valence-corrected chi connectivity index (χ4v) is 6.36. The summed E-state index contributed by atoms with van der Waals surface area (Å²) in [6.07, 6.45) is 1.74. The lowest BCUT2D eigenvalue weighted by molar-refractivity contribution is 0.320. The highest BCUT2D eigenvalue weighted by Gasteiger charge is 2.31. The number of rotatable bonds is 3. The maximum absolute atomic E-state index is 12.7. The lowest BCUT2D eigenvalue weighted by Gasteiger charge is -2.31. The molecule has 1 N–H and O–H groups in total. The van der Waals surface area contributed by atoms with Crippen LogP contribution in [0.3, 0.4) is 0 Å². The van der Waals surface area contributed by atoms with Crippen molar-refractivity contribution in [3.05, 3.63) is 53.0 Å². The van der Waals surface area contributed by atoms with Crippen molar-refractivity contribution in [2.45, 2.75) is 29.9 Å². The van der Waals surface area contributed by atoms with Crippen LogP contribution in [-0.4, -0.2) is 30.8 Å². The molecule has 0 unspecified atom stereocenters. The molecule has 4 rings (SSSR count). The van der Waals surface area contributed by atoms with E-state index < -0.39 is 10.0 Å². The van der Waals surface area contributed by atoms with Gasteiger partial charge in [0.2, 0.25) is 0 Å². The second kappa shape index (κ2) is 6.02. The molecule has 0 atom stereocenters. The number of aryl methyl sites for hydroxylation is 1. The molecule has 3 heterocycles. The molecule has 4 nitrogen and oxygen atoms in total. The molecule has 1 fully saturated rings. The van der Waals surface area contributed by atoms with Crippen LogP contribution in [0.1, 0.15) is 30.0 Å². The number of sulfonamides is 1. The third-order valence-electron chi connectivity index (χ3n) is 4.89. The van der Waals surface area contributed by atoms with Crippen LogP contribution in [0.4, 0.5) is 0 Å². The van der Waals surface area contributed by atoms with Gasteiger partial charge in [0.1, 0.15) is 4.21 Å². The van der Waals surface area contributed by atoms with E-state index in [9.17, 15) is 8.42 Å². The number of benzene rings is 1. The van der Waals surface area contributed by atoms with E-state index in [1.165, 1.54) is 33.5 Å². The number of fused-ring (bicyclic) bond motifs is 1. The highest BCUT2D eigenvalue weighted by molar-refractivity contribution is 7.91. The average Bonchev–Trinajstić information content (AvgIpc) is 3.22. The number of para-hydroxylation sites is 1. The Morgan fingerprint density at radius 3 is 2.58 bits per heavy atom. The summed E-state index contributed by atoms with van der Waals surface area (Å²) < 4.78 is 27.4. The monoisotopic (exact) mass is 360 g/mol. The van der Waals surface area contributed by atoms with Gasteiger partial charge in [-0.3, -0.25) is 0 Å². The van der Waals surface area contributed by atoms with Gasteiger partial charge in [-0.1, -0.05) is 24.3 Å². The first-order valence-corrected chi connectivity index (χ1v) is 10.5. The Labute approximate surface area is 146 Å². The number of nitrogens with one attached hydrogen (secondary N) is 1. The summed E-state index contributed by atoms with van der Waals surface area (Å²) in [7, 11) is -3.32. The number of aromatic amines is 1. The summed E-state index contributed by atoms with van der Waals surface area (Å²) in [4.78, 5) is 3.46. The third-order valence-corrected chi connectivity index (χ3v) is 8.17. The van der Waals surface area contributed by atoms with E-state index in [2.05, 4.69) is 30.1 Å². The lowest BCUT2D eigenvalue weighted by Crippen LogP contribution is -2.37. The Morgan fingerprint density at radius 2 is 1.88 bits per heavy atom. The van der Waals surface area contributed by atoms with E-state index in [1.54, 1.807) is 16.4 Å². The summed E-state index contributed by atoms with van der Waals surface area (Å²) in [5.41, 5.74) is 3.73. The Balaban J connectivity index is 1.57. The van der Waals surface area contributed by atoms with Gasteiger partial charge in [-0.05, 0) is 48.8 Å². The van der Waals surface area contributed by atoms with Gasteiger partial charge in [-0.25, -0.2) is 8.42 Å². The second-order valence-corrected chi connectivity index (χ2v) is 9.43. The molecular formula is C18H20N2O2S2. The fraction of sp³-hybridized carbons (Fsp3) is 0.333. The van der Waals surface area contributed by atoms with Crippen LogP contribution in [0.25, 0.3) is 10.9 Å². The first-order valence-electron chi connectivity index (χ1n) is 8.18. The predicted octanol–water partition coefficient (Wildman–Crippen LogP) is 4.11. The minimum atomic E-state index is -3.32. The predicted molar refractivity (Wildman–Crippen MR) is 98.1 cm³/mol. The molecular weight excluding hydrogens is 340 g/mol.